The number of oxazole rings is 1. The maximum Gasteiger partial charge on any atom is 0.323 e. The lowest BCUT2D eigenvalue weighted by Gasteiger charge is -2.32. The number of carbonyl (C=O) groups is 1. The molecule has 0 spiro atoms. The number of alkyl halides is 1. The van der Waals surface area contributed by atoms with Crippen molar-refractivity contribution in [2.24, 2.45) is 5.73 Å². The second kappa shape index (κ2) is 6.92. The highest BCUT2D eigenvalue weighted by molar-refractivity contribution is 5.92. The van der Waals surface area contributed by atoms with E-state index in [0.717, 1.165) is 10.8 Å². The molecule has 1 fully saturated rings. The molecule has 0 unspecified atom stereocenters. The van der Waals surface area contributed by atoms with Gasteiger partial charge in [-0.05, 0) is 23.9 Å². The van der Waals surface area contributed by atoms with Crippen molar-refractivity contribution in [3.05, 3.63) is 36.6 Å². The number of anilines is 1. The van der Waals surface area contributed by atoms with Crippen molar-refractivity contribution in [2.45, 2.75) is 25.6 Å². The number of pyridine rings is 2. The van der Waals surface area contributed by atoms with Crippen LogP contribution in [-0.2, 0) is 0 Å². The number of rotatable bonds is 2. The minimum Gasteiger partial charge on any atom is -0.439 e. The van der Waals surface area contributed by atoms with E-state index in [1.807, 2.05) is 6.07 Å². The predicted octanol–water partition coefficient (Wildman–Crippen LogP) is 2.50. The van der Waals surface area contributed by atoms with Crippen LogP contribution in [0.15, 0.2) is 35.1 Å². The molecule has 1 aliphatic heterocycles. The summed E-state index contributed by atoms with van der Waals surface area (Å²) < 4.78 is 19.3. The fourth-order valence-corrected chi connectivity index (χ4v) is 3.02. The van der Waals surface area contributed by atoms with Crippen molar-refractivity contribution in [1.29, 1.82) is 0 Å². The first kappa shape index (κ1) is 17.3. The fourth-order valence-electron chi connectivity index (χ4n) is 3.02. The van der Waals surface area contributed by atoms with Gasteiger partial charge >= 0.3 is 6.03 Å². The number of halogens is 1. The van der Waals surface area contributed by atoms with Crippen LogP contribution in [0.5, 0.6) is 0 Å². The maximum absolute atomic E-state index is 13.8. The average Bonchev–Trinajstić information content (AvgIpc) is 3.09. The van der Waals surface area contributed by atoms with E-state index in [0.29, 0.717) is 36.1 Å². The van der Waals surface area contributed by atoms with Crippen LogP contribution in [-0.4, -0.2) is 51.2 Å². The molecular formula is C18H19FN6O2. The molecule has 3 N–H and O–H groups in total. The third kappa shape index (κ3) is 3.59. The van der Waals surface area contributed by atoms with Crippen molar-refractivity contribution >= 4 is 22.6 Å². The average molecular weight is 370 g/mol. The van der Waals surface area contributed by atoms with Crippen molar-refractivity contribution in [3.63, 3.8) is 0 Å². The fraction of sp³-hybridized carbons (Fsp3) is 0.333. The Morgan fingerprint density at radius 1 is 1.26 bits per heavy atom. The monoisotopic (exact) mass is 370 g/mol. The van der Waals surface area contributed by atoms with Gasteiger partial charge in [0, 0.05) is 37.3 Å². The van der Waals surface area contributed by atoms with E-state index in [1.165, 1.54) is 4.90 Å². The summed E-state index contributed by atoms with van der Waals surface area (Å²) in [6.07, 6.45) is 4.14. The van der Waals surface area contributed by atoms with Crippen LogP contribution in [0.25, 0.3) is 22.2 Å². The van der Waals surface area contributed by atoms with Gasteiger partial charge in [0.2, 0.25) is 0 Å². The molecule has 3 aromatic rings. The van der Waals surface area contributed by atoms with Crippen LogP contribution in [0.1, 0.15) is 12.3 Å². The Labute approximate surface area is 154 Å². The highest BCUT2D eigenvalue weighted by Crippen LogP contribution is 2.24. The third-order valence-corrected chi connectivity index (χ3v) is 4.59. The molecule has 0 saturated carbocycles. The molecular weight excluding hydrogens is 351 g/mol. The molecule has 0 aromatic carbocycles. The lowest BCUT2D eigenvalue weighted by Crippen LogP contribution is -2.51. The van der Waals surface area contributed by atoms with E-state index in [4.69, 9.17) is 10.2 Å². The smallest absolute Gasteiger partial charge is 0.323 e. The largest absolute Gasteiger partial charge is 0.439 e. The highest BCUT2D eigenvalue weighted by Gasteiger charge is 2.29. The first-order chi connectivity index (χ1) is 13.0. The minimum absolute atomic E-state index is 0.0144. The summed E-state index contributed by atoms with van der Waals surface area (Å²) in [5.41, 5.74) is 6.29. The van der Waals surface area contributed by atoms with Crippen molar-refractivity contribution < 1.29 is 13.6 Å². The number of nitrogens with zero attached hydrogens (tertiary/aromatic N) is 4. The summed E-state index contributed by atoms with van der Waals surface area (Å²) >= 11 is 0. The summed E-state index contributed by atoms with van der Waals surface area (Å²) in [6, 6.07) is 2.67. The number of piperidine rings is 1. The van der Waals surface area contributed by atoms with Gasteiger partial charge in [0.15, 0.2) is 11.7 Å². The standard InChI is InChI=1S/C18H19FN6O2/c1-10-21-8-16(27-10)15-4-11-5-17(23-7-12(11)6-22-15)24-18(26)25-3-2-14(20)13(19)9-25/h4-8,13-14H,2-3,9,20H2,1H3,(H,23,24,26)/t13-,14-/m0/s1. The zero-order chi connectivity index (χ0) is 19.0. The van der Waals surface area contributed by atoms with Crippen LogP contribution in [0.2, 0.25) is 0 Å². The van der Waals surface area contributed by atoms with Crippen LogP contribution in [0.3, 0.4) is 0 Å². The van der Waals surface area contributed by atoms with Gasteiger partial charge in [-0.15, -0.1) is 0 Å². The molecule has 9 heteroatoms. The summed E-state index contributed by atoms with van der Waals surface area (Å²) in [5, 5.41) is 4.37. The summed E-state index contributed by atoms with van der Waals surface area (Å²) in [5.74, 6) is 1.50. The molecule has 1 saturated heterocycles. The van der Waals surface area contributed by atoms with Gasteiger partial charge in [-0.3, -0.25) is 10.3 Å². The zero-order valence-electron chi connectivity index (χ0n) is 14.7. The van der Waals surface area contributed by atoms with E-state index in [2.05, 4.69) is 20.3 Å². The quantitative estimate of drug-likeness (QED) is 0.717. The molecule has 4 heterocycles. The minimum atomic E-state index is -1.21. The second-order valence-electron chi connectivity index (χ2n) is 6.57. The molecule has 0 radical (unpaired) electrons. The van der Waals surface area contributed by atoms with E-state index < -0.39 is 18.2 Å². The first-order valence-electron chi connectivity index (χ1n) is 8.64. The van der Waals surface area contributed by atoms with Gasteiger partial charge in [0.25, 0.3) is 0 Å². The Hall–Kier alpha value is -3.07. The second-order valence-corrected chi connectivity index (χ2v) is 6.57. The number of nitrogens with two attached hydrogens (primary N) is 1. The summed E-state index contributed by atoms with van der Waals surface area (Å²) in [7, 11) is 0. The van der Waals surface area contributed by atoms with Crippen LogP contribution < -0.4 is 11.1 Å². The lowest BCUT2D eigenvalue weighted by molar-refractivity contribution is 0.137. The van der Waals surface area contributed by atoms with Crippen LogP contribution in [0, 0.1) is 6.92 Å². The number of amides is 2. The normalized spacial score (nSPS) is 20.0. The van der Waals surface area contributed by atoms with Crippen molar-refractivity contribution in [2.75, 3.05) is 18.4 Å². The molecule has 0 aliphatic carbocycles. The van der Waals surface area contributed by atoms with Gasteiger partial charge < -0.3 is 15.1 Å². The van der Waals surface area contributed by atoms with Crippen LogP contribution in [0.4, 0.5) is 15.0 Å². The van der Waals surface area contributed by atoms with Gasteiger partial charge in [-0.25, -0.2) is 19.2 Å². The molecule has 27 heavy (non-hydrogen) atoms. The molecule has 8 nitrogen and oxygen atoms in total. The molecule has 2 amide bonds. The van der Waals surface area contributed by atoms with Gasteiger partial charge in [-0.2, -0.15) is 0 Å². The number of nitrogens with one attached hydrogen (secondary N) is 1. The Morgan fingerprint density at radius 3 is 2.81 bits per heavy atom. The van der Waals surface area contributed by atoms with Gasteiger partial charge in [0.05, 0.1) is 12.7 Å². The lowest BCUT2D eigenvalue weighted by atomic mass is 10.0. The predicted molar refractivity (Wildman–Crippen MR) is 97.9 cm³/mol. The number of aryl methyl sites for hydroxylation is 1. The van der Waals surface area contributed by atoms with Crippen LogP contribution >= 0.6 is 0 Å². The van der Waals surface area contributed by atoms with Gasteiger partial charge in [0.1, 0.15) is 17.7 Å². The number of fused-ring (bicyclic) bond motifs is 1. The highest BCUT2D eigenvalue weighted by atomic mass is 19.1. The third-order valence-electron chi connectivity index (χ3n) is 4.59. The topological polar surface area (TPSA) is 110 Å². The number of likely N-dealkylation sites (tertiary alicyclic amines) is 1. The van der Waals surface area contributed by atoms with Crippen molar-refractivity contribution in [3.8, 4) is 11.5 Å². The Balaban J connectivity index is 1.54. The molecule has 1 aliphatic rings. The first-order valence-corrected chi connectivity index (χ1v) is 8.64. The number of hydrogen-bond acceptors (Lipinski definition) is 6. The number of urea groups is 1. The Morgan fingerprint density at radius 2 is 2.07 bits per heavy atom. The molecule has 140 valence electrons. The zero-order valence-corrected chi connectivity index (χ0v) is 14.7. The van der Waals surface area contributed by atoms with E-state index >= 15 is 0 Å². The van der Waals surface area contributed by atoms with Crippen molar-refractivity contribution in [1.82, 2.24) is 19.9 Å². The number of hydrogen-bond donors (Lipinski definition) is 2. The summed E-state index contributed by atoms with van der Waals surface area (Å²) in [4.78, 5) is 26.4. The van der Waals surface area contributed by atoms with Gasteiger partial charge in [-0.1, -0.05) is 0 Å². The Kier molecular flexibility index (Phi) is 4.44. The summed E-state index contributed by atoms with van der Waals surface area (Å²) in [6.45, 7) is 2.16. The molecule has 0 bridgehead atoms. The molecule has 4 rings (SSSR count). The molecule has 3 aromatic heterocycles. The maximum atomic E-state index is 13.8. The SMILES string of the molecule is Cc1ncc(-c2cc3cc(NC(=O)N4CC[C@H](N)[C@@H](F)C4)ncc3cn2)o1. The van der Waals surface area contributed by atoms with E-state index in [9.17, 15) is 9.18 Å². The van der Waals surface area contributed by atoms with E-state index in [1.54, 1.807) is 31.6 Å². The number of aromatic nitrogens is 3. The van der Waals surface area contributed by atoms with E-state index in [-0.39, 0.29) is 6.54 Å². The Bertz CT molecular complexity index is 991. The molecule has 2 atom stereocenters. The number of carbonyl (C=O) groups excluding carboxylic acids is 1.